The number of nitrogens with one attached hydrogen (secondary N) is 2. The number of hydrogen-bond donors (Lipinski definition) is 2. The molecular formula is C23H30N2O2S. The van der Waals surface area contributed by atoms with Crippen LogP contribution in [0.15, 0.2) is 41.8 Å². The molecule has 2 aromatic rings. The summed E-state index contributed by atoms with van der Waals surface area (Å²) in [5, 5.41) is 7.93. The van der Waals surface area contributed by atoms with Crippen molar-refractivity contribution < 1.29 is 9.59 Å². The summed E-state index contributed by atoms with van der Waals surface area (Å²) >= 11 is 1.63. The molecule has 1 aliphatic carbocycles. The summed E-state index contributed by atoms with van der Waals surface area (Å²) in [6, 6.07) is 12.4. The van der Waals surface area contributed by atoms with Crippen LogP contribution in [-0.4, -0.2) is 18.4 Å². The Balaban J connectivity index is 1.62. The van der Waals surface area contributed by atoms with E-state index in [1.165, 1.54) is 18.4 Å². The minimum atomic E-state index is -0.184. The van der Waals surface area contributed by atoms with Crippen molar-refractivity contribution in [3.05, 3.63) is 57.8 Å². The van der Waals surface area contributed by atoms with Crippen molar-refractivity contribution in [1.29, 1.82) is 0 Å². The molecule has 3 rings (SSSR count). The van der Waals surface area contributed by atoms with Gasteiger partial charge in [0.2, 0.25) is 11.8 Å². The van der Waals surface area contributed by atoms with E-state index in [2.05, 4.69) is 41.8 Å². The number of rotatable bonds is 9. The molecule has 1 unspecified atom stereocenters. The monoisotopic (exact) mass is 398 g/mol. The summed E-state index contributed by atoms with van der Waals surface area (Å²) in [6.45, 7) is 2.23. The van der Waals surface area contributed by atoms with E-state index in [0.717, 1.165) is 42.5 Å². The molecule has 1 fully saturated rings. The van der Waals surface area contributed by atoms with Crippen LogP contribution in [0.4, 0.5) is 0 Å². The maximum absolute atomic E-state index is 12.5. The van der Waals surface area contributed by atoms with E-state index in [1.807, 2.05) is 17.5 Å². The van der Waals surface area contributed by atoms with Crippen LogP contribution in [0.2, 0.25) is 0 Å². The van der Waals surface area contributed by atoms with Crippen molar-refractivity contribution >= 4 is 23.2 Å². The second kappa shape index (κ2) is 10.4. The topological polar surface area (TPSA) is 58.2 Å². The first-order chi connectivity index (χ1) is 13.7. The molecule has 1 aromatic heterocycles. The average Bonchev–Trinajstić information content (AvgIpc) is 3.43. The summed E-state index contributed by atoms with van der Waals surface area (Å²) in [4.78, 5) is 25.8. The molecule has 0 aliphatic heterocycles. The summed E-state index contributed by atoms with van der Waals surface area (Å²) in [6.07, 6.45) is 7.55. The van der Waals surface area contributed by atoms with Gasteiger partial charge in [-0.05, 0) is 48.3 Å². The van der Waals surface area contributed by atoms with Crippen molar-refractivity contribution in [2.24, 2.45) is 5.92 Å². The number of hydrogen-bond acceptors (Lipinski definition) is 3. The highest BCUT2D eigenvalue weighted by Gasteiger charge is 2.23. The highest BCUT2D eigenvalue weighted by molar-refractivity contribution is 7.10. The van der Waals surface area contributed by atoms with Gasteiger partial charge in [0.15, 0.2) is 0 Å². The Morgan fingerprint density at radius 3 is 2.54 bits per heavy atom. The molecule has 0 saturated heterocycles. The van der Waals surface area contributed by atoms with Gasteiger partial charge in [-0.25, -0.2) is 0 Å². The molecule has 0 spiro atoms. The quantitative estimate of drug-likeness (QED) is 0.648. The standard InChI is InChI=1S/C23H30N2O2S/c1-2-3-7-17-11-13-18(14-12-17)22(20-10-6-15-28-20)25-21(26)16-24-23(27)19-8-4-5-9-19/h6,10-15,19,22H,2-5,7-9,16H2,1H3,(H,24,27)(H,25,26). The van der Waals surface area contributed by atoms with Gasteiger partial charge in [-0.15, -0.1) is 11.3 Å². The minimum Gasteiger partial charge on any atom is -0.347 e. The number of unbranched alkanes of at least 4 members (excludes halogenated alkanes) is 1. The summed E-state index contributed by atoms with van der Waals surface area (Å²) < 4.78 is 0. The van der Waals surface area contributed by atoms with E-state index in [-0.39, 0.29) is 30.3 Å². The number of amides is 2. The first kappa shape index (κ1) is 20.6. The van der Waals surface area contributed by atoms with Gasteiger partial charge in [-0.3, -0.25) is 9.59 Å². The number of aryl methyl sites for hydroxylation is 1. The Kier molecular flexibility index (Phi) is 7.66. The van der Waals surface area contributed by atoms with Crippen molar-refractivity contribution in [3.63, 3.8) is 0 Å². The molecule has 1 saturated carbocycles. The van der Waals surface area contributed by atoms with Crippen LogP contribution in [0.3, 0.4) is 0 Å². The van der Waals surface area contributed by atoms with E-state index < -0.39 is 0 Å². The smallest absolute Gasteiger partial charge is 0.240 e. The molecule has 28 heavy (non-hydrogen) atoms. The Hall–Kier alpha value is -2.14. The minimum absolute atomic E-state index is 0.0144. The molecule has 4 nitrogen and oxygen atoms in total. The molecule has 1 heterocycles. The molecule has 0 radical (unpaired) electrons. The highest BCUT2D eigenvalue weighted by Crippen LogP contribution is 2.27. The SMILES string of the molecule is CCCCc1ccc(C(NC(=O)CNC(=O)C2CCCC2)c2cccs2)cc1. The van der Waals surface area contributed by atoms with Gasteiger partial charge < -0.3 is 10.6 Å². The zero-order valence-electron chi connectivity index (χ0n) is 16.6. The third-order valence-corrected chi connectivity index (χ3v) is 6.35. The average molecular weight is 399 g/mol. The van der Waals surface area contributed by atoms with Crippen LogP contribution >= 0.6 is 11.3 Å². The summed E-state index contributed by atoms with van der Waals surface area (Å²) in [7, 11) is 0. The van der Waals surface area contributed by atoms with Crippen LogP contribution in [-0.2, 0) is 16.0 Å². The van der Waals surface area contributed by atoms with Crippen molar-refractivity contribution in [1.82, 2.24) is 10.6 Å². The zero-order chi connectivity index (χ0) is 19.8. The van der Waals surface area contributed by atoms with Gasteiger partial charge in [0, 0.05) is 10.8 Å². The predicted molar refractivity (Wildman–Crippen MR) is 114 cm³/mol. The maximum Gasteiger partial charge on any atom is 0.240 e. The second-order valence-electron chi connectivity index (χ2n) is 7.56. The van der Waals surface area contributed by atoms with E-state index in [9.17, 15) is 9.59 Å². The van der Waals surface area contributed by atoms with E-state index in [4.69, 9.17) is 0 Å². The Morgan fingerprint density at radius 2 is 1.89 bits per heavy atom. The van der Waals surface area contributed by atoms with Crippen LogP contribution in [0.1, 0.15) is 67.5 Å². The van der Waals surface area contributed by atoms with Gasteiger partial charge in [-0.2, -0.15) is 0 Å². The third kappa shape index (κ3) is 5.68. The lowest BCUT2D eigenvalue weighted by molar-refractivity contribution is -0.128. The van der Waals surface area contributed by atoms with Gasteiger partial charge in [-0.1, -0.05) is 56.5 Å². The first-order valence-corrected chi connectivity index (χ1v) is 11.2. The lowest BCUT2D eigenvalue weighted by atomic mass is 10.0. The fraction of sp³-hybridized carbons (Fsp3) is 0.478. The molecule has 1 aliphatic rings. The number of carbonyl (C=O) groups is 2. The lowest BCUT2D eigenvalue weighted by Crippen LogP contribution is -2.40. The summed E-state index contributed by atoms with van der Waals surface area (Å²) in [5.41, 5.74) is 2.39. The molecule has 2 N–H and O–H groups in total. The van der Waals surface area contributed by atoms with E-state index in [0.29, 0.717) is 0 Å². The first-order valence-electron chi connectivity index (χ1n) is 10.4. The predicted octanol–water partition coefficient (Wildman–Crippen LogP) is 4.60. The molecule has 5 heteroatoms. The van der Waals surface area contributed by atoms with Crippen LogP contribution in [0.25, 0.3) is 0 Å². The molecule has 0 bridgehead atoms. The van der Waals surface area contributed by atoms with Gasteiger partial charge in [0.1, 0.15) is 0 Å². The number of thiophene rings is 1. The highest BCUT2D eigenvalue weighted by atomic mass is 32.1. The van der Waals surface area contributed by atoms with Crippen molar-refractivity contribution in [2.75, 3.05) is 6.54 Å². The molecule has 150 valence electrons. The third-order valence-electron chi connectivity index (χ3n) is 5.41. The maximum atomic E-state index is 12.5. The molecular weight excluding hydrogens is 368 g/mol. The van der Waals surface area contributed by atoms with Gasteiger partial charge in [0.25, 0.3) is 0 Å². The van der Waals surface area contributed by atoms with Crippen LogP contribution < -0.4 is 10.6 Å². The van der Waals surface area contributed by atoms with Crippen molar-refractivity contribution in [2.45, 2.75) is 57.9 Å². The Morgan fingerprint density at radius 1 is 1.14 bits per heavy atom. The Labute approximate surface area is 171 Å². The normalized spacial score (nSPS) is 15.3. The van der Waals surface area contributed by atoms with E-state index in [1.54, 1.807) is 11.3 Å². The fourth-order valence-corrected chi connectivity index (χ4v) is 4.55. The largest absolute Gasteiger partial charge is 0.347 e. The number of carbonyl (C=O) groups excluding carboxylic acids is 2. The number of benzene rings is 1. The van der Waals surface area contributed by atoms with Gasteiger partial charge in [0.05, 0.1) is 12.6 Å². The summed E-state index contributed by atoms with van der Waals surface area (Å²) in [5.74, 6) is -0.0584. The fourth-order valence-electron chi connectivity index (χ4n) is 3.74. The van der Waals surface area contributed by atoms with Crippen LogP contribution in [0.5, 0.6) is 0 Å². The zero-order valence-corrected chi connectivity index (χ0v) is 17.4. The van der Waals surface area contributed by atoms with Crippen LogP contribution in [0, 0.1) is 5.92 Å². The lowest BCUT2D eigenvalue weighted by Gasteiger charge is -2.19. The van der Waals surface area contributed by atoms with E-state index >= 15 is 0 Å². The Bertz CT molecular complexity index is 749. The molecule has 1 aromatic carbocycles. The second-order valence-corrected chi connectivity index (χ2v) is 8.54. The molecule has 1 atom stereocenters. The molecule has 2 amide bonds. The van der Waals surface area contributed by atoms with Gasteiger partial charge >= 0.3 is 0 Å². The van der Waals surface area contributed by atoms with Crippen molar-refractivity contribution in [3.8, 4) is 0 Å².